The van der Waals surface area contributed by atoms with Gasteiger partial charge in [0.15, 0.2) is 6.61 Å². The summed E-state index contributed by atoms with van der Waals surface area (Å²) < 4.78 is 15.8. The second-order valence-corrected chi connectivity index (χ2v) is 7.76. The highest BCUT2D eigenvalue weighted by Gasteiger charge is 2.19. The van der Waals surface area contributed by atoms with E-state index in [1.807, 2.05) is 54.6 Å². The van der Waals surface area contributed by atoms with Crippen molar-refractivity contribution in [2.45, 2.75) is 6.04 Å². The van der Waals surface area contributed by atoms with Gasteiger partial charge in [-0.2, -0.15) is 0 Å². The number of aromatic nitrogens is 1. The predicted molar refractivity (Wildman–Crippen MR) is 127 cm³/mol. The van der Waals surface area contributed by atoms with Crippen LogP contribution in [0.3, 0.4) is 0 Å². The van der Waals surface area contributed by atoms with Crippen LogP contribution < -0.4 is 15.0 Å². The lowest BCUT2D eigenvalue weighted by Gasteiger charge is -2.27. The highest BCUT2D eigenvalue weighted by atomic mass is 16.5. The van der Waals surface area contributed by atoms with Crippen LogP contribution in [0.15, 0.2) is 72.9 Å². The number of hydrogen-bond acceptors (Lipinski definition) is 7. The number of ether oxygens (including phenoxy) is 3. The lowest BCUT2D eigenvalue weighted by Crippen LogP contribution is -2.36. The minimum Gasteiger partial charge on any atom is -0.497 e. The molecule has 2 aromatic carbocycles. The number of anilines is 1. The van der Waals surface area contributed by atoms with Crippen molar-refractivity contribution in [3.8, 4) is 5.75 Å². The van der Waals surface area contributed by atoms with Crippen LogP contribution in [0.1, 0.15) is 27.5 Å². The summed E-state index contributed by atoms with van der Waals surface area (Å²) >= 11 is 0. The molecule has 176 valence electrons. The van der Waals surface area contributed by atoms with Crippen molar-refractivity contribution in [1.82, 2.24) is 10.3 Å². The molecule has 0 bridgehead atoms. The van der Waals surface area contributed by atoms with E-state index in [1.54, 1.807) is 19.2 Å². The topological polar surface area (TPSA) is 90.0 Å². The Labute approximate surface area is 198 Å². The van der Waals surface area contributed by atoms with E-state index in [0.717, 1.165) is 35.8 Å². The molecule has 0 aliphatic carbocycles. The minimum absolute atomic E-state index is 0.291. The number of carbonyl (C=O) groups excluding carboxylic acids is 2. The molecular weight excluding hydrogens is 434 g/mol. The summed E-state index contributed by atoms with van der Waals surface area (Å²) in [7, 11) is 1.60. The Morgan fingerprint density at radius 3 is 2.35 bits per heavy atom. The molecule has 8 nitrogen and oxygen atoms in total. The SMILES string of the molecule is COc1ccc(C(NC(=O)COC(=O)c2ccc(N3CCOCC3)nc2)c2ccccc2)cc1. The van der Waals surface area contributed by atoms with E-state index in [0.29, 0.717) is 18.8 Å². The Hall–Kier alpha value is -3.91. The molecule has 1 atom stereocenters. The summed E-state index contributed by atoms with van der Waals surface area (Å²) in [4.78, 5) is 31.6. The molecule has 0 saturated carbocycles. The summed E-state index contributed by atoms with van der Waals surface area (Å²) in [5.74, 6) is 0.500. The summed E-state index contributed by atoms with van der Waals surface area (Å²) in [6, 6.07) is 20.1. The van der Waals surface area contributed by atoms with Crippen LogP contribution in [0.2, 0.25) is 0 Å². The van der Waals surface area contributed by atoms with Crippen LogP contribution in [0.25, 0.3) is 0 Å². The predicted octanol–water partition coefficient (Wildman–Crippen LogP) is 2.99. The zero-order chi connectivity index (χ0) is 23.8. The van der Waals surface area contributed by atoms with Crippen molar-refractivity contribution in [1.29, 1.82) is 0 Å². The Morgan fingerprint density at radius 2 is 1.71 bits per heavy atom. The molecule has 1 aliphatic rings. The number of rotatable bonds is 8. The van der Waals surface area contributed by atoms with E-state index in [-0.39, 0.29) is 0 Å². The van der Waals surface area contributed by atoms with Gasteiger partial charge in [-0.05, 0) is 35.4 Å². The van der Waals surface area contributed by atoms with Crippen molar-refractivity contribution in [3.05, 3.63) is 89.6 Å². The number of morpholine rings is 1. The Bertz CT molecular complexity index is 1080. The lowest BCUT2D eigenvalue weighted by atomic mass is 9.98. The summed E-state index contributed by atoms with van der Waals surface area (Å²) in [6.07, 6.45) is 1.47. The highest BCUT2D eigenvalue weighted by Crippen LogP contribution is 2.24. The van der Waals surface area contributed by atoms with Crippen molar-refractivity contribution in [2.75, 3.05) is 44.9 Å². The maximum atomic E-state index is 12.7. The quantitative estimate of drug-likeness (QED) is 0.516. The number of esters is 1. The summed E-state index contributed by atoms with van der Waals surface area (Å²) in [5, 5.41) is 2.95. The first-order valence-electron chi connectivity index (χ1n) is 11.1. The normalized spacial score (nSPS) is 14.2. The molecule has 0 spiro atoms. The minimum atomic E-state index is -0.600. The number of amides is 1. The number of nitrogens with zero attached hydrogens (tertiary/aromatic N) is 2. The molecule has 2 heterocycles. The third-order valence-electron chi connectivity index (χ3n) is 5.54. The molecule has 1 N–H and O–H groups in total. The molecule has 0 radical (unpaired) electrons. The molecule has 1 aromatic heterocycles. The second-order valence-electron chi connectivity index (χ2n) is 7.76. The fourth-order valence-corrected chi connectivity index (χ4v) is 3.70. The van der Waals surface area contributed by atoms with Crippen LogP contribution in [0.5, 0.6) is 5.75 Å². The van der Waals surface area contributed by atoms with Gasteiger partial charge in [0.1, 0.15) is 11.6 Å². The van der Waals surface area contributed by atoms with Crippen LogP contribution in [-0.2, 0) is 14.3 Å². The molecule has 1 unspecified atom stereocenters. The van der Waals surface area contributed by atoms with Crippen molar-refractivity contribution < 1.29 is 23.8 Å². The summed E-state index contributed by atoms with van der Waals surface area (Å²) in [6.45, 7) is 2.42. The van der Waals surface area contributed by atoms with Gasteiger partial charge < -0.3 is 24.4 Å². The Balaban J connectivity index is 1.37. The zero-order valence-corrected chi connectivity index (χ0v) is 19.0. The largest absolute Gasteiger partial charge is 0.497 e. The van der Waals surface area contributed by atoms with E-state index >= 15 is 0 Å². The number of hydrogen-bond donors (Lipinski definition) is 1. The third-order valence-corrected chi connectivity index (χ3v) is 5.54. The first kappa shape index (κ1) is 23.3. The standard InChI is InChI=1S/C26H27N3O5/c1-32-22-10-7-20(8-11-22)25(19-5-3-2-4-6-19)28-24(30)18-34-26(31)21-9-12-23(27-17-21)29-13-15-33-16-14-29/h2-12,17,25H,13-16,18H2,1H3,(H,28,30). The second kappa shape index (κ2) is 11.3. The molecule has 4 rings (SSSR count). The maximum Gasteiger partial charge on any atom is 0.340 e. The zero-order valence-electron chi connectivity index (χ0n) is 19.0. The Morgan fingerprint density at radius 1 is 1.00 bits per heavy atom. The van der Waals surface area contributed by atoms with Crippen LogP contribution in [-0.4, -0.2) is 56.9 Å². The fraction of sp³-hybridized carbons (Fsp3) is 0.269. The highest BCUT2D eigenvalue weighted by molar-refractivity contribution is 5.91. The molecule has 1 fully saturated rings. The number of nitrogens with one attached hydrogen (secondary N) is 1. The molecule has 1 aliphatic heterocycles. The first-order valence-corrected chi connectivity index (χ1v) is 11.1. The Kier molecular flexibility index (Phi) is 7.72. The number of benzene rings is 2. The molecule has 8 heteroatoms. The number of pyridine rings is 1. The molecule has 3 aromatic rings. The number of carbonyl (C=O) groups is 2. The monoisotopic (exact) mass is 461 g/mol. The molecule has 1 amide bonds. The van der Waals surface area contributed by atoms with Gasteiger partial charge >= 0.3 is 5.97 Å². The van der Waals surface area contributed by atoms with Crippen LogP contribution in [0.4, 0.5) is 5.82 Å². The number of methoxy groups -OCH3 is 1. The van der Waals surface area contributed by atoms with Gasteiger partial charge in [-0.15, -0.1) is 0 Å². The average Bonchev–Trinajstić information content (AvgIpc) is 2.91. The van der Waals surface area contributed by atoms with Crippen LogP contribution >= 0.6 is 0 Å². The smallest absolute Gasteiger partial charge is 0.340 e. The molecular formula is C26H27N3O5. The first-order chi connectivity index (χ1) is 16.6. The maximum absolute atomic E-state index is 12.7. The average molecular weight is 462 g/mol. The fourth-order valence-electron chi connectivity index (χ4n) is 3.70. The molecule has 34 heavy (non-hydrogen) atoms. The van der Waals surface area contributed by atoms with E-state index < -0.39 is 24.5 Å². The van der Waals surface area contributed by atoms with Gasteiger partial charge in [0, 0.05) is 19.3 Å². The van der Waals surface area contributed by atoms with E-state index in [2.05, 4.69) is 15.2 Å². The van der Waals surface area contributed by atoms with Gasteiger partial charge in [-0.25, -0.2) is 9.78 Å². The van der Waals surface area contributed by atoms with E-state index in [4.69, 9.17) is 14.2 Å². The third kappa shape index (κ3) is 5.90. The van der Waals surface area contributed by atoms with E-state index in [1.165, 1.54) is 6.20 Å². The van der Waals surface area contributed by atoms with Crippen molar-refractivity contribution in [2.24, 2.45) is 0 Å². The van der Waals surface area contributed by atoms with Gasteiger partial charge in [-0.3, -0.25) is 4.79 Å². The van der Waals surface area contributed by atoms with Gasteiger partial charge in [0.05, 0.1) is 31.9 Å². The summed E-state index contributed by atoms with van der Waals surface area (Å²) in [5.41, 5.74) is 2.09. The van der Waals surface area contributed by atoms with Crippen molar-refractivity contribution in [3.63, 3.8) is 0 Å². The van der Waals surface area contributed by atoms with Gasteiger partial charge in [0.2, 0.25) is 0 Å². The lowest BCUT2D eigenvalue weighted by molar-refractivity contribution is -0.124. The molecule has 1 saturated heterocycles. The van der Waals surface area contributed by atoms with Crippen LogP contribution in [0, 0.1) is 0 Å². The van der Waals surface area contributed by atoms with Crippen molar-refractivity contribution >= 4 is 17.7 Å². The van der Waals surface area contributed by atoms with Gasteiger partial charge in [-0.1, -0.05) is 42.5 Å². The van der Waals surface area contributed by atoms with Gasteiger partial charge in [0.25, 0.3) is 5.91 Å². The van der Waals surface area contributed by atoms with E-state index in [9.17, 15) is 9.59 Å².